The van der Waals surface area contributed by atoms with Gasteiger partial charge in [0.25, 0.3) is 0 Å². The van der Waals surface area contributed by atoms with Crippen molar-refractivity contribution in [2.45, 2.75) is 25.2 Å². The number of rotatable bonds is 6. The molecule has 0 radical (unpaired) electrons. The molecule has 1 aromatic heterocycles. The van der Waals surface area contributed by atoms with Gasteiger partial charge >= 0.3 is 0 Å². The van der Waals surface area contributed by atoms with E-state index >= 15 is 0 Å². The molecule has 2 aromatic carbocycles. The molecular weight excluding hydrogens is 444 g/mol. The molecule has 0 aliphatic carbocycles. The van der Waals surface area contributed by atoms with Crippen molar-refractivity contribution in [1.82, 2.24) is 15.2 Å². The topological polar surface area (TPSA) is 95.9 Å². The molecule has 0 N–H and O–H groups in total. The number of para-hydroxylation sites is 1. The lowest BCUT2D eigenvalue weighted by Crippen LogP contribution is -2.36. The zero-order valence-corrected chi connectivity index (χ0v) is 19.8. The zero-order chi connectivity index (χ0) is 23.5. The molecule has 1 aliphatic rings. The summed E-state index contributed by atoms with van der Waals surface area (Å²) in [4.78, 5) is 19.2. The van der Waals surface area contributed by atoms with Crippen LogP contribution in [0.5, 0.6) is 23.1 Å². The largest absolute Gasteiger partial charge is 0.496 e. The van der Waals surface area contributed by atoms with Gasteiger partial charge in [-0.25, -0.2) is 0 Å². The fourth-order valence-electron chi connectivity index (χ4n) is 3.71. The van der Waals surface area contributed by atoms with E-state index in [1.165, 1.54) is 37.8 Å². The number of benzene rings is 2. The second-order valence-corrected chi connectivity index (χ2v) is 8.23. The molecule has 10 heteroatoms. The second kappa shape index (κ2) is 9.53. The van der Waals surface area contributed by atoms with Gasteiger partial charge < -0.3 is 18.9 Å². The van der Waals surface area contributed by atoms with Crippen LogP contribution in [-0.2, 0) is 4.79 Å². The number of hydrogen-bond acceptors (Lipinski definition) is 9. The molecule has 0 unspecified atom stereocenters. The summed E-state index contributed by atoms with van der Waals surface area (Å²) in [6.45, 7) is 3.48. The van der Waals surface area contributed by atoms with Crippen molar-refractivity contribution in [2.24, 2.45) is 0 Å². The molecule has 9 nitrogen and oxygen atoms in total. The number of hydrogen-bond donors (Lipinski definition) is 0. The summed E-state index contributed by atoms with van der Waals surface area (Å²) >= 11 is 1.45. The zero-order valence-electron chi connectivity index (χ0n) is 19.0. The van der Waals surface area contributed by atoms with E-state index < -0.39 is 6.23 Å². The molecule has 0 spiro atoms. The van der Waals surface area contributed by atoms with Crippen LogP contribution in [-0.4, -0.2) is 48.2 Å². The number of thioether (sulfide) groups is 1. The molecule has 1 atom stereocenters. The lowest BCUT2D eigenvalue weighted by Gasteiger charge is -2.31. The van der Waals surface area contributed by atoms with Gasteiger partial charge in [0.1, 0.15) is 17.2 Å². The smallest absolute Gasteiger partial charge is 0.247 e. The van der Waals surface area contributed by atoms with Gasteiger partial charge in [0.15, 0.2) is 5.69 Å². The number of nitrogens with zero attached hydrogens (tertiary/aromatic N) is 4. The predicted octanol–water partition coefficient (Wildman–Crippen LogP) is 4.12. The van der Waals surface area contributed by atoms with Crippen LogP contribution in [0.1, 0.15) is 25.6 Å². The Morgan fingerprint density at radius 3 is 2.39 bits per heavy atom. The van der Waals surface area contributed by atoms with Crippen molar-refractivity contribution < 1.29 is 23.7 Å². The van der Waals surface area contributed by atoms with Gasteiger partial charge in [-0.1, -0.05) is 36.9 Å². The first-order valence-electron chi connectivity index (χ1n) is 10.3. The fourth-order valence-corrected chi connectivity index (χ4v) is 4.21. The van der Waals surface area contributed by atoms with Crippen molar-refractivity contribution in [2.75, 3.05) is 32.0 Å². The quantitative estimate of drug-likeness (QED) is 0.495. The second-order valence-electron chi connectivity index (χ2n) is 7.00. The van der Waals surface area contributed by atoms with Gasteiger partial charge in [-0.05, 0) is 11.8 Å². The van der Waals surface area contributed by atoms with E-state index in [4.69, 9.17) is 18.9 Å². The summed E-state index contributed by atoms with van der Waals surface area (Å²) in [5.41, 5.74) is 2.26. The summed E-state index contributed by atoms with van der Waals surface area (Å²) < 4.78 is 23.1. The molecule has 172 valence electrons. The molecule has 0 fully saturated rings. The number of aromatic nitrogens is 3. The maximum Gasteiger partial charge on any atom is 0.247 e. The van der Waals surface area contributed by atoms with E-state index in [9.17, 15) is 4.79 Å². The highest BCUT2D eigenvalue weighted by Crippen LogP contribution is 2.48. The van der Waals surface area contributed by atoms with Crippen molar-refractivity contribution >= 4 is 23.4 Å². The number of carbonyl (C=O) groups is 1. The summed E-state index contributed by atoms with van der Waals surface area (Å²) in [6, 6.07) is 10.8. The Morgan fingerprint density at radius 2 is 1.79 bits per heavy atom. The minimum atomic E-state index is -0.947. The summed E-state index contributed by atoms with van der Waals surface area (Å²) in [5, 5.41) is 9.11. The highest BCUT2D eigenvalue weighted by molar-refractivity contribution is 7.99. The first-order chi connectivity index (χ1) is 16.0. The average Bonchev–Trinajstić information content (AvgIpc) is 2.97. The predicted molar refractivity (Wildman–Crippen MR) is 124 cm³/mol. The van der Waals surface area contributed by atoms with Crippen molar-refractivity contribution in [3.8, 4) is 34.4 Å². The number of amides is 1. The average molecular weight is 469 g/mol. The van der Waals surface area contributed by atoms with E-state index in [-0.39, 0.29) is 11.8 Å². The molecule has 0 saturated carbocycles. The summed E-state index contributed by atoms with van der Waals surface area (Å²) in [7, 11) is 4.63. The molecule has 2 heterocycles. The van der Waals surface area contributed by atoms with Gasteiger partial charge in [0, 0.05) is 24.6 Å². The number of anilines is 1. The van der Waals surface area contributed by atoms with Crippen LogP contribution in [0.2, 0.25) is 0 Å². The number of carbonyl (C=O) groups excluding carboxylic acids is 1. The molecule has 4 rings (SSSR count). The van der Waals surface area contributed by atoms with E-state index in [1.807, 2.05) is 31.2 Å². The Hall–Kier alpha value is -3.53. The third kappa shape index (κ3) is 4.13. The molecule has 33 heavy (non-hydrogen) atoms. The number of methoxy groups -OCH3 is 3. The maximum atomic E-state index is 13.0. The lowest BCUT2D eigenvalue weighted by atomic mass is 10.1. The summed E-state index contributed by atoms with van der Waals surface area (Å²) in [6.07, 6.45) is -0.947. The van der Waals surface area contributed by atoms with E-state index in [0.717, 1.165) is 5.75 Å². The van der Waals surface area contributed by atoms with E-state index in [2.05, 4.69) is 15.2 Å². The SMILES string of the molecule is CCSc1nnc2c(n1)O[C@@H](c1c(OC)cc(OC)cc1OC)N(C(C)=O)c1ccccc1-2. The molecule has 0 bridgehead atoms. The minimum absolute atomic E-state index is 0.240. The van der Waals surface area contributed by atoms with Gasteiger partial charge in [-0.15, -0.1) is 10.2 Å². The van der Waals surface area contributed by atoms with Gasteiger partial charge in [0.2, 0.25) is 23.2 Å². The maximum absolute atomic E-state index is 13.0. The Labute approximate surface area is 196 Å². The van der Waals surface area contributed by atoms with Crippen molar-refractivity contribution in [3.05, 3.63) is 42.0 Å². The van der Waals surface area contributed by atoms with E-state index in [1.54, 1.807) is 19.2 Å². The Morgan fingerprint density at radius 1 is 1.09 bits per heavy atom. The van der Waals surface area contributed by atoms with Gasteiger partial charge in [-0.3, -0.25) is 9.69 Å². The Kier molecular flexibility index (Phi) is 6.55. The van der Waals surface area contributed by atoms with Crippen LogP contribution in [0.15, 0.2) is 41.6 Å². The molecule has 0 saturated heterocycles. The lowest BCUT2D eigenvalue weighted by molar-refractivity contribution is -0.118. The molecule has 1 aliphatic heterocycles. The Balaban J connectivity index is 2.01. The highest BCUT2D eigenvalue weighted by Gasteiger charge is 2.38. The normalized spacial score (nSPS) is 14.5. The fraction of sp³-hybridized carbons (Fsp3) is 0.304. The van der Waals surface area contributed by atoms with E-state index in [0.29, 0.717) is 44.9 Å². The third-order valence-electron chi connectivity index (χ3n) is 5.12. The van der Waals surface area contributed by atoms with Crippen LogP contribution in [0.25, 0.3) is 11.3 Å². The molecule has 3 aromatic rings. The highest BCUT2D eigenvalue weighted by atomic mass is 32.2. The molecular formula is C23H24N4O5S. The third-order valence-corrected chi connectivity index (χ3v) is 5.84. The van der Waals surface area contributed by atoms with Crippen LogP contribution < -0.4 is 23.8 Å². The number of fused-ring (bicyclic) bond motifs is 3. The van der Waals surface area contributed by atoms with Gasteiger partial charge in [0.05, 0.1) is 32.6 Å². The number of ether oxygens (including phenoxy) is 4. The Bertz CT molecular complexity index is 1160. The summed E-state index contributed by atoms with van der Waals surface area (Å²) in [5.74, 6) is 2.22. The van der Waals surface area contributed by atoms with Gasteiger partial charge in [-0.2, -0.15) is 4.98 Å². The first-order valence-corrected chi connectivity index (χ1v) is 11.2. The van der Waals surface area contributed by atoms with Crippen LogP contribution in [0, 0.1) is 0 Å². The van der Waals surface area contributed by atoms with Crippen molar-refractivity contribution in [3.63, 3.8) is 0 Å². The standard InChI is InChI=1S/C23H24N4O5S/c1-6-33-23-24-21-20(25-26-23)15-9-7-8-10-16(15)27(13(2)28)22(32-21)19-17(30-4)11-14(29-3)12-18(19)31-5/h7-12,22H,6H2,1-5H3/t22-/m0/s1. The monoisotopic (exact) mass is 468 g/mol. The van der Waals surface area contributed by atoms with Crippen LogP contribution >= 0.6 is 11.8 Å². The van der Waals surface area contributed by atoms with Crippen molar-refractivity contribution in [1.29, 1.82) is 0 Å². The minimum Gasteiger partial charge on any atom is -0.496 e. The molecule has 1 amide bonds. The van der Waals surface area contributed by atoms with Crippen LogP contribution in [0.4, 0.5) is 5.69 Å². The first kappa shape index (κ1) is 22.7. The van der Waals surface area contributed by atoms with Crippen LogP contribution in [0.3, 0.4) is 0 Å².